The molecule has 0 N–H and O–H groups in total. The summed E-state index contributed by atoms with van der Waals surface area (Å²) in [4.78, 5) is 5.18. The van der Waals surface area contributed by atoms with Crippen molar-refractivity contribution in [3.05, 3.63) is 46.3 Å². The van der Waals surface area contributed by atoms with E-state index in [9.17, 15) is 0 Å². The van der Waals surface area contributed by atoms with Crippen molar-refractivity contribution in [2.75, 3.05) is 24.5 Å². The van der Waals surface area contributed by atoms with Crippen LogP contribution in [0.3, 0.4) is 0 Å². The van der Waals surface area contributed by atoms with Gasteiger partial charge in [0.1, 0.15) is 0 Å². The second kappa shape index (κ2) is 6.72. The number of para-hydroxylation sites is 1. The molecule has 1 aromatic rings. The molecule has 0 atom stereocenters. The van der Waals surface area contributed by atoms with E-state index < -0.39 is 0 Å². The van der Waals surface area contributed by atoms with E-state index in [2.05, 4.69) is 33.1 Å². The molecule has 0 saturated carbocycles. The van der Waals surface area contributed by atoms with Gasteiger partial charge in [-0.15, -0.1) is 0 Å². The summed E-state index contributed by atoms with van der Waals surface area (Å²) >= 11 is 0. The molecule has 1 saturated heterocycles. The van der Waals surface area contributed by atoms with Crippen LogP contribution in [-0.4, -0.2) is 19.6 Å². The van der Waals surface area contributed by atoms with Gasteiger partial charge in [-0.3, -0.25) is 0 Å². The Hall–Kier alpha value is -1.93. The predicted octanol–water partition coefficient (Wildman–Crippen LogP) is 4.00. The number of azide groups is 1. The van der Waals surface area contributed by atoms with Crippen molar-refractivity contribution in [2.45, 2.75) is 19.3 Å². The predicted molar refractivity (Wildman–Crippen MR) is 75.6 cm³/mol. The Bertz CT molecular complexity index is 455. The maximum atomic E-state index is 8.24. The topological polar surface area (TPSA) is 52.0 Å². The maximum Gasteiger partial charge on any atom is 0.0443 e. The van der Waals surface area contributed by atoms with Crippen molar-refractivity contribution in [2.24, 2.45) is 5.11 Å². The minimum Gasteiger partial charge on any atom is -0.371 e. The summed E-state index contributed by atoms with van der Waals surface area (Å²) in [5.74, 6) is 0. The lowest BCUT2D eigenvalue weighted by atomic mass is 10.1. The van der Waals surface area contributed by atoms with Gasteiger partial charge in [0.2, 0.25) is 0 Å². The number of piperidine rings is 1. The molecule has 1 aliphatic rings. The van der Waals surface area contributed by atoms with Crippen LogP contribution in [0.2, 0.25) is 0 Å². The summed E-state index contributed by atoms with van der Waals surface area (Å²) in [5, 5.41) is 3.51. The van der Waals surface area contributed by atoms with E-state index in [1.165, 1.54) is 30.5 Å². The normalized spacial score (nSPS) is 15.7. The van der Waals surface area contributed by atoms with Crippen LogP contribution < -0.4 is 4.90 Å². The second-order valence-electron chi connectivity index (χ2n) is 4.42. The fourth-order valence-corrected chi connectivity index (χ4v) is 2.31. The quantitative estimate of drug-likeness (QED) is 0.447. The van der Waals surface area contributed by atoms with Gasteiger partial charge in [-0.05, 0) is 36.4 Å². The van der Waals surface area contributed by atoms with Crippen molar-refractivity contribution in [3.63, 3.8) is 0 Å². The van der Waals surface area contributed by atoms with Crippen molar-refractivity contribution < 1.29 is 0 Å². The standard InChI is InChI=1S/C14H18N4/c15-17-16-10-6-8-13-7-2-3-9-14(13)18-11-4-1-5-12-18/h2-3,6-9H,1,4-5,10-12H2. The zero-order valence-electron chi connectivity index (χ0n) is 10.5. The average Bonchev–Trinajstić information content (AvgIpc) is 2.45. The number of hydrogen-bond acceptors (Lipinski definition) is 2. The van der Waals surface area contributed by atoms with Gasteiger partial charge in [0.25, 0.3) is 0 Å². The van der Waals surface area contributed by atoms with Crippen molar-refractivity contribution >= 4 is 11.8 Å². The van der Waals surface area contributed by atoms with Gasteiger partial charge in [-0.1, -0.05) is 35.5 Å². The zero-order chi connectivity index (χ0) is 12.6. The van der Waals surface area contributed by atoms with Crippen molar-refractivity contribution in [1.82, 2.24) is 0 Å². The van der Waals surface area contributed by atoms with E-state index in [1.807, 2.05) is 18.2 Å². The third kappa shape index (κ3) is 3.28. The molecule has 0 aromatic heterocycles. The Labute approximate surface area is 108 Å². The van der Waals surface area contributed by atoms with Gasteiger partial charge in [0, 0.05) is 30.2 Å². The largest absolute Gasteiger partial charge is 0.371 e. The van der Waals surface area contributed by atoms with E-state index >= 15 is 0 Å². The SMILES string of the molecule is [N-]=[N+]=NCC=Cc1ccccc1N1CCCCC1. The molecule has 4 heteroatoms. The lowest BCUT2D eigenvalue weighted by Crippen LogP contribution is -2.29. The summed E-state index contributed by atoms with van der Waals surface area (Å²) < 4.78 is 0. The molecule has 0 spiro atoms. The molecule has 0 aliphatic carbocycles. The van der Waals surface area contributed by atoms with Gasteiger partial charge in [-0.25, -0.2) is 0 Å². The molecular formula is C14H18N4. The van der Waals surface area contributed by atoms with E-state index in [1.54, 1.807) is 0 Å². The van der Waals surface area contributed by atoms with E-state index in [4.69, 9.17) is 5.53 Å². The van der Waals surface area contributed by atoms with E-state index in [0.29, 0.717) is 6.54 Å². The van der Waals surface area contributed by atoms with Crippen molar-refractivity contribution in [1.29, 1.82) is 0 Å². The first kappa shape index (κ1) is 12.5. The molecular weight excluding hydrogens is 224 g/mol. The molecule has 1 fully saturated rings. The van der Waals surface area contributed by atoms with Crippen LogP contribution in [0, 0.1) is 0 Å². The molecule has 0 amide bonds. The number of hydrogen-bond donors (Lipinski definition) is 0. The average molecular weight is 242 g/mol. The Kier molecular flexibility index (Phi) is 4.68. The third-order valence-corrected chi connectivity index (χ3v) is 3.18. The van der Waals surface area contributed by atoms with Crippen LogP contribution in [-0.2, 0) is 0 Å². The highest BCUT2D eigenvalue weighted by atomic mass is 15.1. The Morgan fingerprint density at radius 2 is 2.00 bits per heavy atom. The Morgan fingerprint density at radius 3 is 2.78 bits per heavy atom. The van der Waals surface area contributed by atoms with Crippen LogP contribution in [0.15, 0.2) is 35.5 Å². The molecule has 0 bridgehead atoms. The van der Waals surface area contributed by atoms with Crippen LogP contribution in [0.4, 0.5) is 5.69 Å². The highest BCUT2D eigenvalue weighted by Crippen LogP contribution is 2.24. The first-order valence-corrected chi connectivity index (χ1v) is 6.43. The molecule has 1 aliphatic heterocycles. The molecule has 4 nitrogen and oxygen atoms in total. The lowest BCUT2D eigenvalue weighted by Gasteiger charge is -2.30. The summed E-state index contributed by atoms with van der Waals surface area (Å²) in [6.45, 7) is 2.69. The monoisotopic (exact) mass is 242 g/mol. The molecule has 1 aromatic carbocycles. The highest BCUT2D eigenvalue weighted by Gasteiger charge is 2.12. The second-order valence-corrected chi connectivity index (χ2v) is 4.42. The first-order chi connectivity index (χ1) is 8.92. The Morgan fingerprint density at radius 1 is 1.22 bits per heavy atom. The number of nitrogens with zero attached hydrogens (tertiary/aromatic N) is 4. The first-order valence-electron chi connectivity index (χ1n) is 6.43. The molecule has 1 heterocycles. The van der Waals surface area contributed by atoms with Crippen LogP contribution in [0.25, 0.3) is 16.5 Å². The van der Waals surface area contributed by atoms with E-state index in [0.717, 1.165) is 13.1 Å². The lowest BCUT2D eigenvalue weighted by molar-refractivity contribution is 0.577. The number of benzene rings is 1. The molecule has 0 unspecified atom stereocenters. The van der Waals surface area contributed by atoms with Gasteiger partial charge >= 0.3 is 0 Å². The molecule has 0 radical (unpaired) electrons. The fourth-order valence-electron chi connectivity index (χ4n) is 2.31. The summed E-state index contributed by atoms with van der Waals surface area (Å²) in [5.41, 5.74) is 10.7. The van der Waals surface area contributed by atoms with Gasteiger partial charge < -0.3 is 4.90 Å². The van der Waals surface area contributed by atoms with Crippen LogP contribution in [0.5, 0.6) is 0 Å². The maximum absolute atomic E-state index is 8.24. The number of anilines is 1. The summed E-state index contributed by atoms with van der Waals surface area (Å²) in [6, 6.07) is 8.39. The molecule has 18 heavy (non-hydrogen) atoms. The minimum absolute atomic E-state index is 0.408. The zero-order valence-corrected chi connectivity index (χ0v) is 10.5. The summed E-state index contributed by atoms with van der Waals surface area (Å²) in [7, 11) is 0. The highest BCUT2D eigenvalue weighted by molar-refractivity contribution is 5.67. The summed E-state index contributed by atoms with van der Waals surface area (Å²) in [6.07, 6.45) is 7.83. The molecule has 2 rings (SSSR count). The van der Waals surface area contributed by atoms with Gasteiger partial charge in [0.05, 0.1) is 0 Å². The number of rotatable bonds is 4. The van der Waals surface area contributed by atoms with Gasteiger partial charge in [-0.2, -0.15) is 0 Å². The van der Waals surface area contributed by atoms with Crippen molar-refractivity contribution in [3.8, 4) is 0 Å². The van der Waals surface area contributed by atoms with Gasteiger partial charge in [0.15, 0.2) is 0 Å². The fraction of sp³-hybridized carbons (Fsp3) is 0.429. The van der Waals surface area contributed by atoms with Crippen LogP contribution >= 0.6 is 0 Å². The molecule has 94 valence electrons. The third-order valence-electron chi connectivity index (χ3n) is 3.18. The minimum atomic E-state index is 0.408. The van der Waals surface area contributed by atoms with Crippen LogP contribution in [0.1, 0.15) is 24.8 Å². The Balaban J connectivity index is 2.13. The van der Waals surface area contributed by atoms with E-state index in [-0.39, 0.29) is 0 Å². The smallest absolute Gasteiger partial charge is 0.0443 e.